The third-order valence-corrected chi connectivity index (χ3v) is 2.77. The number of carboxylic acids is 1. The zero-order valence-corrected chi connectivity index (χ0v) is 8.41. The van der Waals surface area contributed by atoms with Gasteiger partial charge in [-0.1, -0.05) is 25.7 Å². The van der Waals surface area contributed by atoms with Crippen molar-refractivity contribution in [3.05, 3.63) is 0 Å². The summed E-state index contributed by atoms with van der Waals surface area (Å²) < 4.78 is 0. The maximum atomic E-state index is 10.7. The van der Waals surface area contributed by atoms with Gasteiger partial charge in [0.25, 0.3) is 0 Å². The SMILES string of the molecule is O=C(O)C(CO)NC1CCCCCC1.[NaH]. The van der Waals surface area contributed by atoms with Gasteiger partial charge in [-0.3, -0.25) is 10.1 Å². The van der Waals surface area contributed by atoms with Crippen molar-refractivity contribution in [3.8, 4) is 0 Å². The van der Waals surface area contributed by atoms with E-state index in [-0.39, 0.29) is 42.2 Å². The van der Waals surface area contributed by atoms with E-state index in [1.54, 1.807) is 0 Å². The van der Waals surface area contributed by atoms with Crippen molar-refractivity contribution in [3.63, 3.8) is 0 Å². The molecule has 0 heterocycles. The molecule has 3 N–H and O–H groups in total. The van der Waals surface area contributed by atoms with Crippen molar-refractivity contribution in [2.24, 2.45) is 0 Å². The summed E-state index contributed by atoms with van der Waals surface area (Å²) in [5.41, 5.74) is 0. The van der Waals surface area contributed by atoms with E-state index in [0.29, 0.717) is 0 Å². The molecule has 1 aliphatic rings. The summed E-state index contributed by atoms with van der Waals surface area (Å²) in [7, 11) is 0. The number of carboxylic acid groups (broad SMARTS) is 1. The first-order valence-corrected chi connectivity index (χ1v) is 5.33. The van der Waals surface area contributed by atoms with Gasteiger partial charge in [0.05, 0.1) is 6.61 Å². The summed E-state index contributed by atoms with van der Waals surface area (Å²) in [5, 5.41) is 20.6. The van der Waals surface area contributed by atoms with E-state index in [2.05, 4.69) is 5.32 Å². The number of hydrogen-bond donors (Lipinski definition) is 3. The predicted octanol–water partition coefficient (Wildman–Crippen LogP) is 0.0958. The zero-order valence-electron chi connectivity index (χ0n) is 8.41. The molecule has 0 radical (unpaired) electrons. The number of aliphatic carboxylic acids is 1. The van der Waals surface area contributed by atoms with Crippen LogP contribution in [0.3, 0.4) is 0 Å². The van der Waals surface area contributed by atoms with Crippen LogP contribution in [-0.2, 0) is 4.79 Å². The molecular formula is C10H20NNaO3. The van der Waals surface area contributed by atoms with Gasteiger partial charge >= 0.3 is 35.5 Å². The van der Waals surface area contributed by atoms with Crippen molar-refractivity contribution in [2.75, 3.05) is 6.61 Å². The molecule has 15 heavy (non-hydrogen) atoms. The van der Waals surface area contributed by atoms with Crippen LogP contribution in [0.25, 0.3) is 0 Å². The fourth-order valence-electron chi connectivity index (χ4n) is 1.93. The molecule has 0 aromatic rings. The van der Waals surface area contributed by atoms with E-state index in [9.17, 15) is 4.79 Å². The second kappa shape index (κ2) is 8.53. The van der Waals surface area contributed by atoms with Crippen molar-refractivity contribution in [1.29, 1.82) is 0 Å². The van der Waals surface area contributed by atoms with Gasteiger partial charge in [0, 0.05) is 6.04 Å². The fraction of sp³-hybridized carbons (Fsp3) is 0.900. The molecule has 5 heteroatoms. The Morgan fingerprint density at radius 1 is 1.27 bits per heavy atom. The molecule has 4 nitrogen and oxygen atoms in total. The summed E-state index contributed by atoms with van der Waals surface area (Å²) in [4.78, 5) is 10.7. The Labute approximate surface area is 113 Å². The van der Waals surface area contributed by atoms with E-state index in [1.807, 2.05) is 0 Å². The van der Waals surface area contributed by atoms with Gasteiger partial charge in [0.1, 0.15) is 6.04 Å². The average Bonchev–Trinajstić information content (AvgIpc) is 2.41. The molecule has 1 saturated carbocycles. The molecule has 0 spiro atoms. The Bertz CT molecular complexity index is 182. The van der Waals surface area contributed by atoms with Crippen LogP contribution in [0.4, 0.5) is 0 Å². The molecule has 0 bridgehead atoms. The van der Waals surface area contributed by atoms with Gasteiger partial charge < -0.3 is 10.2 Å². The van der Waals surface area contributed by atoms with Gasteiger partial charge in [0.2, 0.25) is 0 Å². The minimum atomic E-state index is -0.961. The van der Waals surface area contributed by atoms with Crippen LogP contribution in [0.1, 0.15) is 38.5 Å². The zero-order chi connectivity index (χ0) is 10.4. The van der Waals surface area contributed by atoms with Crippen molar-refractivity contribution >= 4 is 35.5 Å². The second-order valence-electron chi connectivity index (χ2n) is 3.93. The van der Waals surface area contributed by atoms with E-state index >= 15 is 0 Å². The molecule has 0 aromatic heterocycles. The first-order chi connectivity index (χ1) is 6.74. The molecule has 1 rings (SSSR count). The van der Waals surface area contributed by atoms with E-state index in [4.69, 9.17) is 10.2 Å². The second-order valence-corrected chi connectivity index (χ2v) is 3.93. The summed E-state index contributed by atoms with van der Waals surface area (Å²) in [6, 6.07) is -0.524. The number of aliphatic hydroxyl groups excluding tert-OH is 1. The molecule has 0 aromatic carbocycles. The third-order valence-electron chi connectivity index (χ3n) is 2.77. The number of hydrogen-bond acceptors (Lipinski definition) is 3. The first-order valence-electron chi connectivity index (χ1n) is 5.33. The standard InChI is InChI=1S/C10H19NO3.Na.H/c12-7-9(10(13)14)11-8-5-3-1-2-4-6-8;;/h8-9,11-12H,1-7H2,(H,13,14);;. The molecular weight excluding hydrogens is 205 g/mol. The average molecular weight is 225 g/mol. The normalized spacial score (nSPS) is 20.1. The van der Waals surface area contributed by atoms with Crippen LogP contribution in [0.15, 0.2) is 0 Å². The Morgan fingerprint density at radius 2 is 1.80 bits per heavy atom. The summed E-state index contributed by atoms with van der Waals surface area (Å²) in [5.74, 6) is -0.961. The molecule has 1 unspecified atom stereocenters. The number of aliphatic hydroxyl groups is 1. The van der Waals surface area contributed by atoms with Crippen LogP contribution in [-0.4, -0.2) is 64.4 Å². The monoisotopic (exact) mass is 225 g/mol. The first kappa shape index (κ1) is 15.4. The Kier molecular flexibility index (Phi) is 8.75. The van der Waals surface area contributed by atoms with Crippen LogP contribution < -0.4 is 5.32 Å². The molecule has 84 valence electrons. The third kappa shape index (κ3) is 5.88. The van der Waals surface area contributed by atoms with Crippen LogP contribution >= 0.6 is 0 Å². The Morgan fingerprint density at radius 3 is 2.20 bits per heavy atom. The number of carbonyl (C=O) groups is 1. The van der Waals surface area contributed by atoms with E-state index in [1.165, 1.54) is 12.8 Å². The van der Waals surface area contributed by atoms with Crippen molar-refractivity contribution in [2.45, 2.75) is 50.6 Å². The predicted molar refractivity (Wildman–Crippen MR) is 60.3 cm³/mol. The molecule has 0 aliphatic heterocycles. The molecule has 1 atom stereocenters. The molecule has 1 fully saturated rings. The topological polar surface area (TPSA) is 69.6 Å². The quantitative estimate of drug-likeness (QED) is 0.468. The van der Waals surface area contributed by atoms with E-state index < -0.39 is 12.0 Å². The van der Waals surface area contributed by atoms with Gasteiger partial charge in [0.15, 0.2) is 0 Å². The van der Waals surface area contributed by atoms with Crippen LogP contribution in [0.5, 0.6) is 0 Å². The van der Waals surface area contributed by atoms with Crippen LogP contribution in [0, 0.1) is 0 Å². The molecule has 0 amide bonds. The molecule has 1 aliphatic carbocycles. The van der Waals surface area contributed by atoms with Gasteiger partial charge in [-0.2, -0.15) is 0 Å². The van der Waals surface area contributed by atoms with Gasteiger partial charge in [-0.15, -0.1) is 0 Å². The van der Waals surface area contributed by atoms with Crippen molar-refractivity contribution < 1.29 is 15.0 Å². The van der Waals surface area contributed by atoms with Crippen molar-refractivity contribution in [1.82, 2.24) is 5.32 Å². The van der Waals surface area contributed by atoms with Gasteiger partial charge in [-0.05, 0) is 12.8 Å². The summed E-state index contributed by atoms with van der Waals surface area (Å²) in [6.07, 6.45) is 6.88. The van der Waals surface area contributed by atoms with Gasteiger partial charge in [-0.25, -0.2) is 0 Å². The summed E-state index contributed by atoms with van der Waals surface area (Å²) in [6.45, 7) is -0.328. The Hall–Kier alpha value is 0.390. The molecule has 0 saturated heterocycles. The minimum absolute atomic E-state index is 0. The fourth-order valence-corrected chi connectivity index (χ4v) is 1.93. The number of rotatable bonds is 4. The maximum absolute atomic E-state index is 10.7. The Balaban J connectivity index is 0.00000196. The van der Waals surface area contributed by atoms with Crippen LogP contribution in [0.2, 0.25) is 0 Å². The summed E-state index contributed by atoms with van der Waals surface area (Å²) >= 11 is 0. The number of nitrogens with one attached hydrogen (secondary N) is 1. The van der Waals surface area contributed by atoms with E-state index in [0.717, 1.165) is 25.7 Å².